The first-order valence-electron chi connectivity index (χ1n) is 6.11. The first-order chi connectivity index (χ1) is 6.65. The van der Waals surface area contributed by atoms with E-state index in [0.717, 1.165) is 29.3 Å². The van der Waals surface area contributed by atoms with Crippen LogP contribution in [0, 0.1) is 23.7 Å². The Morgan fingerprint density at radius 3 is 2.57 bits per heavy atom. The Balaban J connectivity index is 1.91. The van der Waals surface area contributed by atoms with E-state index in [-0.39, 0.29) is 0 Å². The molecule has 0 bridgehead atoms. The summed E-state index contributed by atoms with van der Waals surface area (Å²) in [5, 5.41) is 0. The third-order valence-electron chi connectivity index (χ3n) is 4.46. The first kappa shape index (κ1) is 10.7. The van der Waals surface area contributed by atoms with Gasteiger partial charge < -0.3 is 0 Å². The van der Waals surface area contributed by atoms with E-state index in [1.165, 1.54) is 19.3 Å². The van der Waals surface area contributed by atoms with E-state index in [1.807, 2.05) is 0 Å². The van der Waals surface area contributed by atoms with Crippen molar-refractivity contribution in [3.8, 4) is 0 Å². The zero-order valence-electron chi connectivity index (χ0n) is 9.66. The van der Waals surface area contributed by atoms with Crippen molar-refractivity contribution in [3.05, 3.63) is 11.6 Å². The van der Waals surface area contributed by atoms with Crippen molar-refractivity contribution in [1.82, 2.24) is 0 Å². The van der Waals surface area contributed by atoms with Gasteiger partial charge in [0.25, 0.3) is 0 Å². The van der Waals surface area contributed by atoms with Crippen molar-refractivity contribution in [2.75, 3.05) is 0 Å². The number of rotatable bonds is 3. The molecule has 0 aromatic heterocycles. The van der Waals surface area contributed by atoms with Crippen molar-refractivity contribution >= 4 is 9.24 Å². The van der Waals surface area contributed by atoms with E-state index in [1.54, 1.807) is 5.57 Å². The van der Waals surface area contributed by atoms with Gasteiger partial charge in [-0.15, -0.1) is 9.24 Å². The number of hydrogen-bond acceptors (Lipinski definition) is 0. The SMILES string of the molecule is CCC1C(C)C1C(P)/C=C1/CCC1C. The summed E-state index contributed by atoms with van der Waals surface area (Å²) in [6.07, 6.45) is 6.70. The Kier molecular flexibility index (Phi) is 3.03. The molecule has 2 fully saturated rings. The molecule has 2 aliphatic rings. The molecular formula is C13H23P. The highest BCUT2D eigenvalue weighted by atomic mass is 31.0. The maximum atomic E-state index is 3.06. The lowest BCUT2D eigenvalue weighted by molar-refractivity contribution is 0.478. The predicted octanol–water partition coefficient (Wildman–Crippen LogP) is 3.88. The molecule has 6 unspecified atom stereocenters. The van der Waals surface area contributed by atoms with Gasteiger partial charge in [-0.25, -0.2) is 0 Å². The third kappa shape index (κ3) is 1.78. The fourth-order valence-corrected chi connectivity index (χ4v) is 3.95. The lowest BCUT2D eigenvalue weighted by atomic mass is 9.80. The number of allylic oxidation sites excluding steroid dienone is 2. The van der Waals surface area contributed by atoms with Crippen molar-refractivity contribution in [3.63, 3.8) is 0 Å². The fourth-order valence-electron chi connectivity index (χ4n) is 3.07. The Hall–Kier alpha value is 0.170. The second-order valence-corrected chi connectivity index (χ2v) is 6.04. The lowest BCUT2D eigenvalue weighted by Gasteiger charge is -2.27. The van der Waals surface area contributed by atoms with Crippen LogP contribution in [0.25, 0.3) is 0 Å². The van der Waals surface area contributed by atoms with Crippen LogP contribution in [-0.2, 0) is 0 Å². The van der Waals surface area contributed by atoms with E-state index in [4.69, 9.17) is 0 Å². The van der Waals surface area contributed by atoms with Crippen molar-refractivity contribution < 1.29 is 0 Å². The predicted molar refractivity (Wildman–Crippen MR) is 66.4 cm³/mol. The quantitative estimate of drug-likeness (QED) is 0.490. The van der Waals surface area contributed by atoms with Crippen LogP contribution < -0.4 is 0 Å². The molecule has 0 saturated heterocycles. The van der Waals surface area contributed by atoms with Crippen molar-refractivity contribution in [2.45, 2.75) is 45.7 Å². The van der Waals surface area contributed by atoms with Gasteiger partial charge in [-0.1, -0.05) is 38.8 Å². The molecular weight excluding hydrogens is 187 g/mol. The lowest BCUT2D eigenvalue weighted by Crippen LogP contribution is -2.14. The minimum absolute atomic E-state index is 0.757. The molecule has 14 heavy (non-hydrogen) atoms. The molecule has 6 atom stereocenters. The summed E-state index contributed by atoms with van der Waals surface area (Å²) in [6.45, 7) is 7.11. The average molecular weight is 210 g/mol. The Bertz CT molecular complexity index is 244. The van der Waals surface area contributed by atoms with Crippen LogP contribution in [0.3, 0.4) is 0 Å². The zero-order chi connectivity index (χ0) is 10.3. The van der Waals surface area contributed by atoms with Crippen molar-refractivity contribution in [2.24, 2.45) is 23.7 Å². The number of hydrogen-bond donors (Lipinski definition) is 0. The minimum Gasteiger partial charge on any atom is -0.130 e. The molecule has 0 amide bonds. The Labute approximate surface area is 90.7 Å². The summed E-state index contributed by atoms with van der Waals surface area (Å²) in [5.41, 5.74) is 2.48. The highest BCUT2D eigenvalue weighted by Gasteiger charge is 2.47. The molecule has 0 N–H and O–H groups in total. The van der Waals surface area contributed by atoms with Crippen LogP contribution >= 0.6 is 9.24 Å². The van der Waals surface area contributed by atoms with Gasteiger partial charge in [0.1, 0.15) is 0 Å². The van der Waals surface area contributed by atoms with E-state index in [9.17, 15) is 0 Å². The largest absolute Gasteiger partial charge is 0.130 e. The highest BCUT2D eigenvalue weighted by molar-refractivity contribution is 7.18. The first-order valence-corrected chi connectivity index (χ1v) is 6.78. The summed E-state index contributed by atoms with van der Waals surface area (Å²) in [7, 11) is 3.06. The molecule has 1 heteroatoms. The Morgan fingerprint density at radius 1 is 1.50 bits per heavy atom. The Morgan fingerprint density at radius 2 is 2.21 bits per heavy atom. The molecule has 80 valence electrons. The van der Waals surface area contributed by atoms with Crippen LogP contribution in [-0.4, -0.2) is 5.66 Å². The van der Waals surface area contributed by atoms with Crippen LogP contribution in [0.4, 0.5) is 0 Å². The van der Waals surface area contributed by atoms with Gasteiger partial charge in [-0.2, -0.15) is 0 Å². The smallest absolute Gasteiger partial charge is 0.00494 e. The summed E-state index contributed by atoms with van der Waals surface area (Å²) in [4.78, 5) is 0. The molecule has 2 aliphatic carbocycles. The minimum atomic E-state index is 0.757. The van der Waals surface area contributed by atoms with Gasteiger partial charge in [0.05, 0.1) is 0 Å². The highest BCUT2D eigenvalue weighted by Crippen LogP contribution is 2.53. The van der Waals surface area contributed by atoms with Crippen LogP contribution in [0.5, 0.6) is 0 Å². The van der Waals surface area contributed by atoms with Gasteiger partial charge in [-0.05, 0) is 42.2 Å². The summed E-state index contributed by atoms with van der Waals surface area (Å²) < 4.78 is 0. The van der Waals surface area contributed by atoms with Gasteiger partial charge in [0.2, 0.25) is 0 Å². The molecule has 0 spiro atoms. The second-order valence-electron chi connectivity index (χ2n) is 5.27. The van der Waals surface area contributed by atoms with Crippen molar-refractivity contribution in [1.29, 1.82) is 0 Å². The standard InChI is InChI=1S/C13H23P/c1-4-11-9(3)13(11)12(14)7-10-6-5-8(10)2/h7-9,11-13H,4-6,14H2,1-3H3/b10-7-. The normalized spacial score (nSPS) is 46.1. The van der Waals surface area contributed by atoms with E-state index >= 15 is 0 Å². The average Bonchev–Trinajstić information content (AvgIpc) is 2.82. The summed E-state index contributed by atoms with van der Waals surface area (Å²) in [6, 6.07) is 0. The third-order valence-corrected chi connectivity index (χ3v) is 5.09. The van der Waals surface area contributed by atoms with Gasteiger partial charge in [0.15, 0.2) is 0 Å². The van der Waals surface area contributed by atoms with E-state index in [0.29, 0.717) is 0 Å². The molecule has 0 aromatic rings. The summed E-state index contributed by atoms with van der Waals surface area (Å²) in [5.74, 6) is 3.82. The second kappa shape index (κ2) is 3.97. The topological polar surface area (TPSA) is 0 Å². The maximum Gasteiger partial charge on any atom is -0.00494 e. The van der Waals surface area contributed by atoms with Gasteiger partial charge in [-0.3, -0.25) is 0 Å². The van der Waals surface area contributed by atoms with Crippen LogP contribution in [0.1, 0.15) is 40.0 Å². The molecule has 0 aromatic carbocycles. The molecule has 0 radical (unpaired) electrons. The van der Waals surface area contributed by atoms with Gasteiger partial charge in [0, 0.05) is 0 Å². The zero-order valence-corrected chi connectivity index (χ0v) is 10.8. The molecule has 0 aliphatic heterocycles. The molecule has 0 heterocycles. The van der Waals surface area contributed by atoms with Crippen LogP contribution in [0.2, 0.25) is 0 Å². The maximum absolute atomic E-state index is 3.06. The van der Waals surface area contributed by atoms with Gasteiger partial charge >= 0.3 is 0 Å². The fraction of sp³-hybridized carbons (Fsp3) is 0.846. The van der Waals surface area contributed by atoms with E-state index in [2.05, 4.69) is 36.1 Å². The molecule has 0 nitrogen and oxygen atoms in total. The molecule has 2 rings (SSSR count). The molecule has 2 saturated carbocycles. The monoisotopic (exact) mass is 210 g/mol. The van der Waals surface area contributed by atoms with Crippen LogP contribution in [0.15, 0.2) is 11.6 Å². The summed E-state index contributed by atoms with van der Waals surface area (Å²) >= 11 is 0. The van der Waals surface area contributed by atoms with E-state index < -0.39 is 0 Å².